The van der Waals surface area contributed by atoms with Crippen molar-refractivity contribution in [3.63, 3.8) is 0 Å². The molecule has 1 rings (SSSR count). The van der Waals surface area contributed by atoms with Gasteiger partial charge in [0.25, 0.3) is 0 Å². The molecule has 0 nitrogen and oxygen atoms in total. The molecule has 10 heavy (non-hydrogen) atoms. The molecule has 2 heteroatoms. The number of hydrogen-bond acceptors (Lipinski definition) is 0. The van der Waals surface area contributed by atoms with Crippen LogP contribution in [0.1, 0.15) is 5.56 Å². The molecule has 0 saturated carbocycles. The van der Waals surface area contributed by atoms with Crippen LogP contribution in [0.3, 0.4) is 0 Å². The van der Waals surface area contributed by atoms with Gasteiger partial charge in [-0.2, -0.15) is 0 Å². The number of benzene rings is 1. The molecule has 0 aliphatic rings. The predicted octanol–water partition coefficient (Wildman–Crippen LogP) is 1.76. The van der Waals surface area contributed by atoms with Crippen molar-refractivity contribution in [2.75, 3.05) is 0 Å². The Morgan fingerprint density at radius 1 is 1.40 bits per heavy atom. The van der Waals surface area contributed by atoms with E-state index in [0.717, 1.165) is 12.3 Å². The minimum Gasteiger partial charge on any atom is -0.0849 e. The highest BCUT2D eigenvalue weighted by Gasteiger charge is 1.95. The van der Waals surface area contributed by atoms with Crippen molar-refractivity contribution >= 4 is 24.3 Å². The smallest absolute Gasteiger partial charge is 0.0849 e. The lowest BCUT2D eigenvalue weighted by Crippen LogP contribution is -2.13. The standard InChI is InChI=1S/C8H10BCl/c1-6-3-4-7(10)5-8(6)9-2/h3-5,9H,1-2H3. The van der Waals surface area contributed by atoms with Crippen LogP contribution in [0, 0.1) is 6.92 Å². The lowest BCUT2D eigenvalue weighted by molar-refractivity contribution is 1.51. The van der Waals surface area contributed by atoms with Crippen LogP contribution in [0.15, 0.2) is 18.2 Å². The third-order valence-corrected chi connectivity index (χ3v) is 1.93. The predicted molar refractivity (Wildman–Crippen MR) is 48.8 cm³/mol. The SMILES string of the molecule is CBc1cc(Cl)ccc1C. The summed E-state index contributed by atoms with van der Waals surface area (Å²) in [6.07, 6.45) is 0. The molecule has 52 valence electrons. The third-order valence-electron chi connectivity index (χ3n) is 1.69. The van der Waals surface area contributed by atoms with E-state index >= 15 is 0 Å². The summed E-state index contributed by atoms with van der Waals surface area (Å²) in [4.78, 5) is 0. The van der Waals surface area contributed by atoms with E-state index in [1.807, 2.05) is 12.1 Å². The molecule has 0 N–H and O–H groups in total. The molecule has 0 atom stereocenters. The Labute approximate surface area is 67.5 Å². The minimum atomic E-state index is 0.836. The molecule has 0 spiro atoms. The molecule has 0 radical (unpaired) electrons. The molecule has 0 unspecified atom stereocenters. The van der Waals surface area contributed by atoms with Crippen LogP contribution in [-0.4, -0.2) is 7.28 Å². The maximum Gasteiger partial charge on any atom is 0.154 e. The zero-order chi connectivity index (χ0) is 7.56. The van der Waals surface area contributed by atoms with Crippen LogP contribution in [0.5, 0.6) is 0 Å². The van der Waals surface area contributed by atoms with Crippen molar-refractivity contribution < 1.29 is 0 Å². The van der Waals surface area contributed by atoms with E-state index in [2.05, 4.69) is 19.8 Å². The van der Waals surface area contributed by atoms with Crippen LogP contribution in [0.2, 0.25) is 11.8 Å². The van der Waals surface area contributed by atoms with Crippen molar-refractivity contribution in [3.8, 4) is 0 Å². The van der Waals surface area contributed by atoms with Crippen LogP contribution in [0.4, 0.5) is 0 Å². The maximum absolute atomic E-state index is 5.80. The lowest BCUT2D eigenvalue weighted by atomic mass is 9.71. The van der Waals surface area contributed by atoms with Gasteiger partial charge in [0, 0.05) is 5.02 Å². The highest BCUT2D eigenvalue weighted by molar-refractivity contribution is 6.53. The zero-order valence-electron chi connectivity index (χ0n) is 6.32. The Kier molecular flexibility index (Phi) is 2.39. The molecule has 0 bridgehead atoms. The second-order valence-corrected chi connectivity index (χ2v) is 2.86. The van der Waals surface area contributed by atoms with E-state index in [1.54, 1.807) is 0 Å². The highest BCUT2D eigenvalue weighted by Crippen LogP contribution is 2.06. The Bertz CT molecular complexity index is 233. The van der Waals surface area contributed by atoms with Gasteiger partial charge < -0.3 is 0 Å². The fourth-order valence-electron chi connectivity index (χ4n) is 1.02. The van der Waals surface area contributed by atoms with Gasteiger partial charge in [0.1, 0.15) is 0 Å². The summed E-state index contributed by atoms with van der Waals surface area (Å²) >= 11 is 5.80. The molecule has 0 fully saturated rings. The van der Waals surface area contributed by atoms with Gasteiger partial charge in [0.15, 0.2) is 7.28 Å². The molecular weight excluding hydrogens is 142 g/mol. The van der Waals surface area contributed by atoms with Crippen LogP contribution < -0.4 is 5.46 Å². The monoisotopic (exact) mass is 152 g/mol. The molecule has 0 heterocycles. The summed E-state index contributed by atoms with van der Waals surface area (Å²) in [6.45, 7) is 4.24. The van der Waals surface area contributed by atoms with E-state index in [9.17, 15) is 0 Å². The third kappa shape index (κ3) is 1.54. The Morgan fingerprint density at radius 3 is 2.60 bits per heavy atom. The second kappa shape index (κ2) is 3.11. The molecule has 1 aromatic rings. The molecule has 0 aromatic heterocycles. The molecule has 0 aliphatic heterocycles. The largest absolute Gasteiger partial charge is 0.154 e. The topological polar surface area (TPSA) is 0 Å². The van der Waals surface area contributed by atoms with Gasteiger partial charge in [0.05, 0.1) is 0 Å². The zero-order valence-corrected chi connectivity index (χ0v) is 7.07. The normalized spacial score (nSPS) is 9.50. The maximum atomic E-state index is 5.80. The number of hydrogen-bond donors (Lipinski definition) is 0. The Morgan fingerprint density at radius 2 is 2.10 bits per heavy atom. The summed E-state index contributed by atoms with van der Waals surface area (Å²) in [5.41, 5.74) is 2.67. The van der Waals surface area contributed by atoms with Gasteiger partial charge in [-0.05, 0) is 19.1 Å². The average molecular weight is 152 g/mol. The second-order valence-electron chi connectivity index (χ2n) is 2.42. The first-order valence-corrected chi connectivity index (χ1v) is 3.87. The quantitative estimate of drug-likeness (QED) is 0.538. The van der Waals surface area contributed by atoms with E-state index in [0.29, 0.717) is 0 Å². The van der Waals surface area contributed by atoms with Gasteiger partial charge in [0.2, 0.25) is 0 Å². The Hall–Kier alpha value is -0.425. The van der Waals surface area contributed by atoms with E-state index < -0.39 is 0 Å². The van der Waals surface area contributed by atoms with Crippen molar-refractivity contribution in [2.45, 2.75) is 13.7 Å². The number of rotatable bonds is 1. The molecule has 1 aromatic carbocycles. The van der Waals surface area contributed by atoms with Crippen LogP contribution in [0.25, 0.3) is 0 Å². The van der Waals surface area contributed by atoms with E-state index in [-0.39, 0.29) is 0 Å². The van der Waals surface area contributed by atoms with Gasteiger partial charge in [-0.3, -0.25) is 0 Å². The molecular formula is C8H10BCl. The Balaban J connectivity index is 3.09. The fourth-order valence-corrected chi connectivity index (χ4v) is 1.22. The number of aryl methyl sites for hydroxylation is 1. The first-order chi connectivity index (χ1) is 4.74. The summed E-state index contributed by atoms with van der Waals surface area (Å²) in [7, 11) is 1.06. The first kappa shape index (κ1) is 7.68. The van der Waals surface area contributed by atoms with Crippen molar-refractivity contribution in [1.82, 2.24) is 0 Å². The molecule has 0 amide bonds. The van der Waals surface area contributed by atoms with Crippen molar-refractivity contribution in [2.24, 2.45) is 0 Å². The van der Waals surface area contributed by atoms with Gasteiger partial charge >= 0.3 is 0 Å². The summed E-state index contributed by atoms with van der Waals surface area (Å²) < 4.78 is 0. The summed E-state index contributed by atoms with van der Waals surface area (Å²) in [5.74, 6) is 0. The average Bonchev–Trinajstić information content (AvgIpc) is 1.94. The minimum absolute atomic E-state index is 0.836. The summed E-state index contributed by atoms with van der Waals surface area (Å²) in [6, 6.07) is 6.01. The lowest BCUT2D eigenvalue weighted by Gasteiger charge is -2.00. The summed E-state index contributed by atoms with van der Waals surface area (Å²) in [5, 5.41) is 0.836. The van der Waals surface area contributed by atoms with Crippen molar-refractivity contribution in [1.29, 1.82) is 0 Å². The fraction of sp³-hybridized carbons (Fsp3) is 0.250. The highest BCUT2D eigenvalue weighted by atomic mass is 35.5. The van der Waals surface area contributed by atoms with E-state index in [1.165, 1.54) is 11.0 Å². The van der Waals surface area contributed by atoms with Crippen molar-refractivity contribution in [3.05, 3.63) is 28.8 Å². The van der Waals surface area contributed by atoms with Crippen LogP contribution >= 0.6 is 11.6 Å². The molecule has 0 aliphatic carbocycles. The van der Waals surface area contributed by atoms with Gasteiger partial charge in [-0.25, -0.2) is 0 Å². The van der Waals surface area contributed by atoms with E-state index in [4.69, 9.17) is 11.6 Å². The van der Waals surface area contributed by atoms with Crippen LogP contribution in [-0.2, 0) is 0 Å². The molecule has 0 saturated heterocycles. The number of halogens is 1. The van der Waals surface area contributed by atoms with Gasteiger partial charge in [-0.15, -0.1) is 0 Å². The first-order valence-electron chi connectivity index (χ1n) is 3.49. The van der Waals surface area contributed by atoms with Gasteiger partial charge in [-0.1, -0.05) is 35.5 Å².